The van der Waals surface area contributed by atoms with Crippen molar-refractivity contribution >= 4 is 24.3 Å². The molecule has 6 nitrogen and oxygen atoms in total. The van der Waals surface area contributed by atoms with Crippen LogP contribution in [0, 0.1) is 5.92 Å². The minimum Gasteiger partial charge on any atom is -0.353 e. The molecule has 0 spiro atoms. The van der Waals surface area contributed by atoms with E-state index >= 15 is 0 Å². The number of carbonyl (C=O) groups is 2. The van der Waals surface area contributed by atoms with Gasteiger partial charge in [0.15, 0.2) is 0 Å². The average Bonchev–Trinajstić information content (AvgIpc) is 2.55. The molecule has 1 aromatic carbocycles. The van der Waals surface area contributed by atoms with E-state index in [1.54, 1.807) is 0 Å². The van der Waals surface area contributed by atoms with Gasteiger partial charge in [-0.15, -0.1) is 12.4 Å². The molecule has 0 bridgehead atoms. The number of urea groups is 1. The molecule has 0 heterocycles. The summed E-state index contributed by atoms with van der Waals surface area (Å²) in [7, 11) is 0. The van der Waals surface area contributed by atoms with Crippen molar-refractivity contribution in [3.8, 4) is 0 Å². The molecule has 0 aliphatic heterocycles. The molecule has 1 atom stereocenters. The van der Waals surface area contributed by atoms with Gasteiger partial charge in [-0.25, -0.2) is 4.79 Å². The summed E-state index contributed by atoms with van der Waals surface area (Å²) in [5, 5.41) is 11.5. The van der Waals surface area contributed by atoms with E-state index in [4.69, 9.17) is 0 Å². The van der Waals surface area contributed by atoms with Crippen molar-refractivity contribution in [2.45, 2.75) is 33.4 Å². The Balaban J connectivity index is 0.00000529. The van der Waals surface area contributed by atoms with Crippen LogP contribution in [-0.2, 0) is 11.3 Å². The minimum absolute atomic E-state index is 0. The van der Waals surface area contributed by atoms with Gasteiger partial charge in [-0.1, -0.05) is 51.1 Å². The van der Waals surface area contributed by atoms with E-state index in [9.17, 15) is 9.59 Å². The molecule has 1 aromatic rings. The lowest BCUT2D eigenvalue weighted by Gasteiger charge is -2.22. The maximum Gasteiger partial charge on any atom is 0.315 e. The highest BCUT2D eigenvalue weighted by atomic mass is 35.5. The van der Waals surface area contributed by atoms with Crippen molar-refractivity contribution < 1.29 is 9.59 Å². The van der Waals surface area contributed by atoms with Crippen LogP contribution in [0.4, 0.5) is 4.79 Å². The van der Waals surface area contributed by atoms with Crippen LogP contribution in [-0.4, -0.2) is 37.6 Å². The van der Waals surface area contributed by atoms with Gasteiger partial charge < -0.3 is 21.3 Å². The SMILES string of the molecule is CCNCCNC(=O)C(NC(=O)NCc1ccccc1)C(C)C.Cl. The fourth-order valence-electron chi connectivity index (χ4n) is 2.07. The summed E-state index contributed by atoms with van der Waals surface area (Å²) in [6.45, 7) is 8.38. The number of likely N-dealkylation sites (N-methyl/N-ethyl adjacent to an activating group) is 1. The van der Waals surface area contributed by atoms with Crippen molar-refractivity contribution in [2.75, 3.05) is 19.6 Å². The highest BCUT2D eigenvalue weighted by molar-refractivity contribution is 5.87. The zero-order valence-corrected chi connectivity index (χ0v) is 15.4. The van der Waals surface area contributed by atoms with Crippen LogP contribution < -0.4 is 21.3 Å². The number of benzene rings is 1. The molecule has 24 heavy (non-hydrogen) atoms. The van der Waals surface area contributed by atoms with E-state index in [0.29, 0.717) is 19.6 Å². The Kier molecular flexibility index (Phi) is 11.7. The zero-order chi connectivity index (χ0) is 17.1. The first-order chi connectivity index (χ1) is 11.0. The lowest BCUT2D eigenvalue weighted by atomic mass is 10.0. The Hall–Kier alpha value is -1.79. The van der Waals surface area contributed by atoms with Crippen molar-refractivity contribution in [1.29, 1.82) is 0 Å². The molecule has 0 saturated heterocycles. The number of hydrogen-bond donors (Lipinski definition) is 4. The first-order valence-corrected chi connectivity index (χ1v) is 8.11. The maximum absolute atomic E-state index is 12.2. The van der Waals surface area contributed by atoms with Crippen LogP contribution in [0.3, 0.4) is 0 Å². The Morgan fingerprint density at radius 2 is 1.71 bits per heavy atom. The second-order valence-corrected chi connectivity index (χ2v) is 5.68. The minimum atomic E-state index is -0.549. The van der Waals surface area contributed by atoms with Gasteiger partial charge in [-0.3, -0.25) is 4.79 Å². The second kappa shape index (κ2) is 12.6. The van der Waals surface area contributed by atoms with Crippen molar-refractivity contribution in [3.63, 3.8) is 0 Å². The molecule has 4 N–H and O–H groups in total. The summed E-state index contributed by atoms with van der Waals surface area (Å²) in [4.78, 5) is 24.2. The van der Waals surface area contributed by atoms with Gasteiger partial charge in [-0.05, 0) is 18.0 Å². The first kappa shape index (κ1) is 22.2. The number of halogens is 1. The van der Waals surface area contributed by atoms with E-state index in [1.807, 2.05) is 51.1 Å². The van der Waals surface area contributed by atoms with Crippen molar-refractivity contribution in [1.82, 2.24) is 21.3 Å². The van der Waals surface area contributed by atoms with Crippen LogP contribution in [0.25, 0.3) is 0 Å². The van der Waals surface area contributed by atoms with Gasteiger partial charge in [0.1, 0.15) is 6.04 Å². The topological polar surface area (TPSA) is 82.3 Å². The number of nitrogens with one attached hydrogen (secondary N) is 4. The fraction of sp³-hybridized carbons (Fsp3) is 0.529. The van der Waals surface area contributed by atoms with Crippen LogP contribution in [0.1, 0.15) is 26.3 Å². The van der Waals surface area contributed by atoms with Gasteiger partial charge >= 0.3 is 6.03 Å². The highest BCUT2D eigenvalue weighted by Gasteiger charge is 2.23. The van der Waals surface area contributed by atoms with E-state index in [2.05, 4.69) is 21.3 Å². The van der Waals surface area contributed by atoms with Crippen LogP contribution in [0.5, 0.6) is 0 Å². The van der Waals surface area contributed by atoms with Gasteiger partial charge in [0, 0.05) is 19.6 Å². The molecule has 0 aromatic heterocycles. The quantitative estimate of drug-likeness (QED) is 0.508. The lowest BCUT2D eigenvalue weighted by Crippen LogP contribution is -2.53. The van der Waals surface area contributed by atoms with Gasteiger partial charge in [0.25, 0.3) is 0 Å². The molecule has 0 radical (unpaired) electrons. The van der Waals surface area contributed by atoms with E-state index in [-0.39, 0.29) is 30.3 Å². The molecule has 3 amide bonds. The summed E-state index contributed by atoms with van der Waals surface area (Å²) >= 11 is 0. The smallest absolute Gasteiger partial charge is 0.315 e. The highest BCUT2D eigenvalue weighted by Crippen LogP contribution is 2.02. The van der Waals surface area contributed by atoms with E-state index < -0.39 is 6.04 Å². The van der Waals surface area contributed by atoms with Crippen molar-refractivity contribution in [3.05, 3.63) is 35.9 Å². The number of amides is 3. The zero-order valence-electron chi connectivity index (χ0n) is 14.6. The molecule has 1 unspecified atom stereocenters. The standard InChI is InChI=1S/C17H28N4O2.ClH/c1-4-18-10-11-19-16(22)15(13(2)3)21-17(23)20-12-14-8-6-5-7-9-14;/h5-9,13,15,18H,4,10-12H2,1-3H3,(H,19,22)(H2,20,21,23);1H. The van der Waals surface area contributed by atoms with Crippen LogP contribution in [0.15, 0.2) is 30.3 Å². The number of hydrogen-bond acceptors (Lipinski definition) is 3. The third kappa shape index (κ3) is 8.74. The Morgan fingerprint density at radius 1 is 1.04 bits per heavy atom. The molecule has 7 heteroatoms. The summed E-state index contributed by atoms with van der Waals surface area (Å²) in [5.74, 6) is -0.149. The van der Waals surface area contributed by atoms with Gasteiger partial charge in [0.2, 0.25) is 5.91 Å². The molecule has 0 saturated carbocycles. The molecule has 1 rings (SSSR count). The molecular weight excluding hydrogens is 328 g/mol. The molecular formula is C17H29ClN4O2. The summed E-state index contributed by atoms with van der Waals surface area (Å²) in [6, 6.07) is 8.76. The van der Waals surface area contributed by atoms with Crippen LogP contribution in [0.2, 0.25) is 0 Å². The van der Waals surface area contributed by atoms with Gasteiger partial charge in [-0.2, -0.15) is 0 Å². The summed E-state index contributed by atoms with van der Waals surface area (Å²) in [6.07, 6.45) is 0. The average molecular weight is 357 g/mol. The Bertz CT molecular complexity index is 483. The summed E-state index contributed by atoms with van der Waals surface area (Å²) < 4.78 is 0. The second-order valence-electron chi connectivity index (χ2n) is 5.68. The first-order valence-electron chi connectivity index (χ1n) is 8.11. The normalized spacial score (nSPS) is 11.3. The third-order valence-electron chi connectivity index (χ3n) is 3.38. The largest absolute Gasteiger partial charge is 0.353 e. The molecule has 0 fully saturated rings. The van der Waals surface area contributed by atoms with E-state index in [0.717, 1.165) is 12.1 Å². The fourth-order valence-corrected chi connectivity index (χ4v) is 2.07. The van der Waals surface area contributed by atoms with E-state index in [1.165, 1.54) is 0 Å². The lowest BCUT2D eigenvalue weighted by molar-refractivity contribution is -0.123. The molecule has 136 valence electrons. The van der Waals surface area contributed by atoms with Crippen LogP contribution >= 0.6 is 12.4 Å². The summed E-state index contributed by atoms with van der Waals surface area (Å²) in [5.41, 5.74) is 1.01. The monoisotopic (exact) mass is 356 g/mol. The Morgan fingerprint density at radius 3 is 2.29 bits per heavy atom. The predicted octanol–water partition coefficient (Wildman–Crippen LogP) is 1.66. The molecule has 0 aliphatic rings. The maximum atomic E-state index is 12.2. The van der Waals surface area contributed by atoms with Gasteiger partial charge in [0.05, 0.1) is 0 Å². The number of rotatable bonds is 9. The number of carbonyl (C=O) groups excluding carboxylic acids is 2. The predicted molar refractivity (Wildman–Crippen MR) is 99.2 cm³/mol. The Labute approximate surface area is 150 Å². The third-order valence-corrected chi connectivity index (χ3v) is 3.38. The van der Waals surface area contributed by atoms with Crippen molar-refractivity contribution in [2.24, 2.45) is 5.92 Å². The molecule has 0 aliphatic carbocycles.